The number of nitrogens with one attached hydrogen (secondary N) is 1. The molecule has 0 spiro atoms. The summed E-state index contributed by atoms with van der Waals surface area (Å²) >= 11 is 0. The first-order chi connectivity index (χ1) is 9.17. The van der Waals surface area contributed by atoms with Crippen LogP contribution in [0.2, 0.25) is 0 Å². The zero-order chi connectivity index (χ0) is 14.3. The van der Waals surface area contributed by atoms with E-state index in [4.69, 9.17) is 4.74 Å². The number of benzene rings is 1. The highest BCUT2D eigenvalue weighted by atomic mass is 19.1. The van der Waals surface area contributed by atoms with Crippen LogP contribution in [0.1, 0.15) is 31.9 Å². The van der Waals surface area contributed by atoms with Crippen molar-refractivity contribution in [2.75, 3.05) is 33.8 Å². The summed E-state index contributed by atoms with van der Waals surface area (Å²) in [6.07, 6.45) is 0.857. The van der Waals surface area contributed by atoms with Crippen LogP contribution in [0.4, 0.5) is 4.39 Å². The molecule has 0 aliphatic rings. The number of hydrogen-bond donors (Lipinski definition) is 1. The highest BCUT2D eigenvalue weighted by molar-refractivity contribution is 5.37. The molecule has 0 saturated carbocycles. The van der Waals surface area contributed by atoms with Crippen molar-refractivity contribution in [1.82, 2.24) is 10.2 Å². The highest BCUT2D eigenvalue weighted by Crippen LogP contribution is 2.29. The quantitative estimate of drug-likeness (QED) is 0.784. The van der Waals surface area contributed by atoms with E-state index in [9.17, 15) is 4.39 Å². The van der Waals surface area contributed by atoms with Crippen molar-refractivity contribution >= 4 is 0 Å². The third-order valence-corrected chi connectivity index (χ3v) is 3.56. The van der Waals surface area contributed by atoms with Gasteiger partial charge in [0.15, 0.2) is 0 Å². The first kappa shape index (κ1) is 15.9. The van der Waals surface area contributed by atoms with Gasteiger partial charge in [0.05, 0.1) is 7.11 Å². The van der Waals surface area contributed by atoms with Crippen LogP contribution in [0.25, 0.3) is 0 Å². The summed E-state index contributed by atoms with van der Waals surface area (Å²) in [6, 6.07) is 4.94. The van der Waals surface area contributed by atoms with Crippen LogP contribution in [-0.2, 0) is 0 Å². The zero-order valence-corrected chi connectivity index (χ0v) is 12.4. The summed E-state index contributed by atoms with van der Waals surface area (Å²) in [4.78, 5) is 2.33. The van der Waals surface area contributed by atoms with Crippen molar-refractivity contribution < 1.29 is 9.13 Å². The Bertz CT molecular complexity index is 380. The fourth-order valence-corrected chi connectivity index (χ4v) is 2.32. The molecule has 0 fully saturated rings. The van der Waals surface area contributed by atoms with E-state index in [1.165, 1.54) is 6.07 Å². The molecule has 1 atom stereocenters. The van der Waals surface area contributed by atoms with Crippen LogP contribution in [0, 0.1) is 5.82 Å². The van der Waals surface area contributed by atoms with Gasteiger partial charge in [0.2, 0.25) is 0 Å². The number of methoxy groups -OCH3 is 1. The average Bonchev–Trinajstić information content (AvgIpc) is 2.44. The number of rotatable bonds is 8. The molecule has 0 bridgehead atoms. The Kier molecular flexibility index (Phi) is 6.81. The SMILES string of the molecule is CCN(CC)CCC(NC)c1c(F)cccc1OC. The molecule has 108 valence electrons. The van der Waals surface area contributed by atoms with Crippen molar-refractivity contribution in [3.05, 3.63) is 29.6 Å². The zero-order valence-electron chi connectivity index (χ0n) is 12.4. The predicted molar refractivity (Wildman–Crippen MR) is 77.2 cm³/mol. The van der Waals surface area contributed by atoms with Crippen molar-refractivity contribution in [1.29, 1.82) is 0 Å². The van der Waals surface area contributed by atoms with Crippen LogP contribution < -0.4 is 10.1 Å². The second-order valence-corrected chi connectivity index (χ2v) is 4.51. The van der Waals surface area contributed by atoms with E-state index < -0.39 is 0 Å². The van der Waals surface area contributed by atoms with Crippen LogP contribution in [0.3, 0.4) is 0 Å². The van der Waals surface area contributed by atoms with Gasteiger partial charge in [-0.3, -0.25) is 0 Å². The molecule has 3 nitrogen and oxygen atoms in total. The summed E-state index contributed by atoms with van der Waals surface area (Å²) in [7, 11) is 3.44. The Balaban J connectivity index is 2.85. The van der Waals surface area contributed by atoms with Crippen LogP contribution in [0.5, 0.6) is 5.75 Å². The molecule has 1 rings (SSSR count). The van der Waals surface area contributed by atoms with Gasteiger partial charge in [-0.25, -0.2) is 4.39 Å². The van der Waals surface area contributed by atoms with Gasteiger partial charge in [-0.05, 0) is 45.2 Å². The maximum Gasteiger partial charge on any atom is 0.131 e. The molecule has 0 aromatic heterocycles. The maximum absolute atomic E-state index is 14.0. The number of ether oxygens (including phenoxy) is 1. The van der Waals surface area contributed by atoms with Crippen LogP contribution >= 0.6 is 0 Å². The third kappa shape index (κ3) is 4.18. The maximum atomic E-state index is 14.0. The lowest BCUT2D eigenvalue weighted by molar-refractivity contribution is 0.281. The van der Waals surface area contributed by atoms with Gasteiger partial charge >= 0.3 is 0 Å². The molecule has 0 heterocycles. The smallest absolute Gasteiger partial charge is 0.131 e. The highest BCUT2D eigenvalue weighted by Gasteiger charge is 2.19. The first-order valence-corrected chi connectivity index (χ1v) is 6.89. The monoisotopic (exact) mass is 268 g/mol. The molecular formula is C15H25FN2O. The fourth-order valence-electron chi connectivity index (χ4n) is 2.32. The molecule has 1 aromatic rings. The molecule has 0 amide bonds. The average molecular weight is 268 g/mol. The molecule has 4 heteroatoms. The molecule has 0 radical (unpaired) electrons. The second kappa shape index (κ2) is 8.12. The molecule has 1 N–H and O–H groups in total. The Morgan fingerprint density at radius 3 is 2.53 bits per heavy atom. The van der Waals surface area contributed by atoms with E-state index in [-0.39, 0.29) is 11.9 Å². The Morgan fingerprint density at radius 1 is 1.32 bits per heavy atom. The van der Waals surface area contributed by atoms with E-state index in [1.807, 2.05) is 7.05 Å². The fraction of sp³-hybridized carbons (Fsp3) is 0.600. The lowest BCUT2D eigenvalue weighted by atomic mass is 10.0. The minimum absolute atomic E-state index is 0.0308. The predicted octanol–water partition coefficient (Wildman–Crippen LogP) is 2.83. The van der Waals surface area contributed by atoms with Gasteiger partial charge in [0, 0.05) is 11.6 Å². The number of hydrogen-bond acceptors (Lipinski definition) is 3. The summed E-state index contributed by atoms with van der Waals surface area (Å²) in [5.74, 6) is 0.400. The van der Waals surface area contributed by atoms with Crippen molar-refractivity contribution in [2.24, 2.45) is 0 Å². The summed E-state index contributed by atoms with van der Waals surface area (Å²) in [5, 5.41) is 3.19. The van der Waals surface area contributed by atoms with E-state index in [2.05, 4.69) is 24.1 Å². The molecule has 0 aliphatic heterocycles. The van der Waals surface area contributed by atoms with Crippen LogP contribution in [-0.4, -0.2) is 38.7 Å². The Hall–Kier alpha value is -1.13. The molecule has 0 aliphatic carbocycles. The van der Waals surface area contributed by atoms with Crippen molar-refractivity contribution in [3.8, 4) is 5.75 Å². The largest absolute Gasteiger partial charge is 0.496 e. The van der Waals surface area contributed by atoms with Gasteiger partial charge in [-0.1, -0.05) is 19.9 Å². The van der Waals surface area contributed by atoms with E-state index in [0.29, 0.717) is 11.3 Å². The first-order valence-electron chi connectivity index (χ1n) is 6.89. The lowest BCUT2D eigenvalue weighted by Crippen LogP contribution is -2.28. The Labute approximate surface area is 115 Å². The number of nitrogens with zero attached hydrogens (tertiary/aromatic N) is 1. The third-order valence-electron chi connectivity index (χ3n) is 3.56. The van der Waals surface area contributed by atoms with Crippen molar-refractivity contribution in [2.45, 2.75) is 26.3 Å². The summed E-state index contributed by atoms with van der Waals surface area (Å²) < 4.78 is 19.3. The number of halogens is 1. The van der Waals surface area contributed by atoms with Gasteiger partial charge < -0.3 is 15.0 Å². The van der Waals surface area contributed by atoms with Gasteiger partial charge in [-0.2, -0.15) is 0 Å². The minimum atomic E-state index is -0.210. The van der Waals surface area contributed by atoms with Crippen molar-refractivity contribution in [3.63, 3.8) is 0 Å². The molecule has 0 saturated heterocycles. The minimum Gasteiger partial charge on any atom is -0.496 e. The van der Waals surface area contributed by atoms with E-state index >= 15 is 0 Å². The Morgan fingerprint density at radius 2 is 2.00 bits per heavy atom. The second-order valence-electron chi connectivity index (χ2n) is 4.51. The lowest BCUT2D eigenvalue weighted by Gasteiger charge is -2.24. The van der Waals surface area contributed by atoms with Crippen LogP contribution in [0.15, 0.2) is 18.2 Å². The summed E-state index contributed by atoms with van der Waals surface area (Å²) in [5.41, 5.74) is 0.625. The summed E-state index contributed by atoms with van der Waals surface area (Å²) in [6.45, 7) is 7.25. The molecular weight excluding hydrogens is 243 g/mol. The van der Waals surface area contributed by atoms with Gasteiger partial charge in [0.25, 0.3) is 0 Å². The van der Waals surface area contributed by atoms with E-state index in [0.717, 1.165) is 26.1 Å². The van der Waals surface area contributed by atoms with E-state index in [1.54, 1.807) is 19.2 Å². The molecule has 1 aromatic carbocycles. The standard InChI is InChI=1S/C15H25FN2O/c1-5-18(6-2)11-10-13(17-3)15-12(16)8-7-9-14(15)19-4/h7-9,13,17H,5-6,10-11H2,1-4H3. The van der Waals surface area contributed by atoms with Gasteiger partial charge in [-0.15, -0.1) is 0 Å². The topological polar surface area (TPSA) is 24.5 Å². The molecule has 19 heavy (non-hydrogen) atoms. The van der Waals surface area contributed by atoms with Gasteiger partial charge in [0.1, 0.15) is 11.6 Å². The molecule has 1 unspecified atom stereocenters. The normalized spacial score (nSPS) is 12.7.